The van der Waals surface area contributed by atoms with Gasteiger partial charge in [0.15, 0.2) is 0 Å². The lowest BCUT2D eigenvalue weighted by Gasteiger charge is -2.19. The largest absolute Gasteiger partial charge is 0.459 e. The number of ether oxygens (including phenoxy) is 1. The topological polar surface area (TPSA) is 128 Å². The van der Waals surface area contributed by atoms with E-state index in [1.807, 2.05) is 11.0 Å². The molecule has 0 aliphatic carbocycles. The minimum absolute atomic E-state index is 0.186. The molecule has 1 aromatic carbocycles. The second-order valence-electron chi connectivity index (χ2n) is 9.95. The Morgan fingerprint density at radius 1 is 0.974 bits per heavy atom. The molecule has 1 aliphatic heterocycles. The fourth-order valence-electron chi connectivity index (χ4n) is 4.24. The SMILES string of the molecule is CCCCCCc1ccc(N2CCCC2=O)cc1.CCCc1ccc(C(=O)OCC(O)C(O)CC(O)CO)s1. The normalized spacial score (nSPS) is 15.4. The van der Waals surface area contributed by atoms with Crippen LogP contribution in [-0.4, -0.2) is 70.4 Å². The van der Waals surface area contributed by atoms with E-state index in [4.69, 9.17) is 14.9 Å². The van der Waals surface area contributed by atoms with E-state index in [0.29, 0.717) is 11.3 Å². The van der Waals surface area contributed by atoms with Crippen molar-refractivity contribution >= 4 is 28.9 Å². The van der Waals surface area contributed by atoms with Crippen LogP contribution < -0.4 is 4.90 Å². The average molecular weight is 564 g/mol. The third kappa shape index (κ3) is 11.8. The summed E-state index contributed by atoms with van der Waals surface area (Å²) in [6.07, 6.45) is 6.11. The Morgan fingerprint density at radius 3 is 2.33 bits per heavy atom. The van der Waals surface area contributed by atoms with Crippen LogP contribution in [-0.2, 0) is 22.4 Å². The van der Waals surface area contributed by atoms with E-state index >= 15 is 0 Å². The van der Waals surface area contributed by atoms with E-state index in [9.17, 15) is 19.8 Å². The van der Waals surface area contributed by atoms with E-state index in [1.54, 1.807) is 6.07 Å². The Morgan fingerprint density at radius 2 is 1.72 bits per heavy atom. The van der Waals surface area contributed by atoms with E-state index in [-0.39, 0.29) is 18.9 Å². The highest BCUT2D eigenvalue weighted by Gasteiger charge is 2.22. The van der Waals surface area contributed by atoms with Crippen LogP contribution in [0.1, 0.15) is 85.3 Å². The molecule has 1 aromatic heterocycles. The van der Waals surface area contributed by atoms with Crippen molar-refractivity contribution in [3.05, 3.63) is 51.7 Å². The Balaban J connectivity index is 0.000000276. The molecule has 3 rings (SSSR count). The summed E-state index contributed by atoms with van der Waals surface area (Å²) in [6.45, 7) is 4.31. The van der Waals surface area contributed by atoms with Crippen molar-refractivity contribution in [2.45, 2.75) is 96.4 Å². The van der Waals surface area contributed by atoms with Crippen molar-refractivity contribution < 1.29 is 34.8 Å². The zero-order valence-corrected chi connectivity index (χ0v) is 24.1. The second-order valence-corrected chi connectivity index (χ2v) is 11.1. The van der Waals surface area contributed by atoms with Gasteiger partial charge in [-0.3, -0.25) is 4.79 Å². The molecule has 4 N–H and O–H groups in total. The lowest BCUT2D eigenvalue weighted by molar-refractivity contribution is -0.117. The maximum absolute atomic E-state index is 11.8. The number of hydrogen-bond donors (Lipinski definition) is 4. The van der Waals surface area contributed by atoms with Crippen LogP contribution in [0.15, 0.2) is 36.4 Å². The zero-order chi connectivity index (χ0) is 28.6. The number of thiophene rings is 1. The van der Waals surface area contributed by atoms with Crippen molar-refractivity contribution in [3.8, 4) is 0 Å². The van der Waals surface area contributed by atoms with Crippen LogP contribution in [0, 0.1) is 0 Å². The predicted molar refractivity (Wildman–Crippen MR) is 154 cm³/mol. The van der Waals surface area contributed by atoms with Gasteiger partial charge in [0.05, 0.1) is 18.8 Å². The molecule has 0 spiro atoms. The first-order chi connectivity index (χ1) is 18.8. The number of amides is 1. The molecule has 39 heavy (non-hydrogen) atoms. The number of aliphatic hydroxyl groups is 4. The summed E-state index contributed by atoms with van der Waals surface area (Å²) in [7, 11) is 0. The van der Waals surface area contributed by atoms with Gasteiger partial charge in [0, 0.05) is 30.0 Å². The number of anilines is 1. The van der Waals surface area contributed by atoms with Crippen LogP contribution in [0.4, 0.5) is 5.69 Å². The standard InChI is InChI=1S/C16H23NO.C14H22O6S/c1-2-3-4-5-7-14-9-11-15(12-10-14)17-13-6-8-16(17)18;1-2-3-10-4-5-13(21-10)14(19)20-8-12(18)11(17)6-9(16)7-15/h9-12H,2-8,13H2,1H3;4-5,9,11-12,15-18H,2-3,6-8H2,1H3. The summed E-state index contributed by atoms with van der Waals surface area (Å²) >= 11 is 1.35. The number of hydrogen-bond acceptors (Lipinski definition) is 8. The number of aliphatic hydroxyl groups excluding tert-OH is 4. The van der Waals surface area contributed by atoms with E-state index < -0.39 is 30.9 Å². The summed E-state index contributed by atoms with van der Waals surface area (Å²) in [5.74, 6) is -0.276. The quantitative estimate of drug-likeness (QED) is 0.188. The minimum Gasteiger partial charge on any atom is -0.459 e. The fraction of sp³-hybridized carbons (Fsp3) is 0.600. The lowest BCUT2D eigenvalue weighted by atomic mass is 10.1. The predicted octanol–water partition coefficient (Wildman–Crippen LogP) is 4.26. The van der Waals surface area contributed by atoms with Crippen molar-refractivity contribution in [1.29, 1.82) is 0 Å². The molecule has 0 saturated carbocycles. The number of carbonyl (C=O) groups is 2. The van der Waals surface area contributed by atoms with Gasteiger partial charge in [-0.1, -0.05) is 51.7 Å². The van der Waals surface area contributed by atoms with E-state index in [0.717, 1.165) is 42.8 Å². The van der Waals surface area contributed by atoms with Gasteiger partial charge in [0.25, 0.3) is 0 Å². The van der Waals surface area contributed by atoms with Crippen molar-refractivity contribution in [2.75, 3.05) is 24.7 Å². The lowest BCUT2D eigenvalue weighted by Crippen LogP contribution is -2.35. The molecular weight excluding hydrogens is 518 g/mol. The van der Waals surface area contributed by atoms with Crippen molar-refractivity contribution in [2.24, 2.45) is 0 Å². The summed E-state index contributed by atoms with van der Waals surface area (Å²) in [4.78, 5) is 26.9. The van der Waals surface area contributed by atoms with Gasteiger partial charge in [-0.15, -0.1) is 11.3 Å². The smallest absolute Gasteiger partial charge is 0.348 e. The zero-order valence-electron chi connectivity index (χ0n) is 23.3. The molecule has 1 amide bonds. The Labute approximate surface area is 236 Å². The van der Waals surface area contributed by atoms with Gasteiger partial charge >= 0.3 is 5.97 Å². The van der Waals surface area contributed by atoms with Crippen LogP contribution in [0.25, 0.3) is 0 Å². The molecule has 2 heterocycles. The average Bonchev–Trinajstić information content (AvgIpc) is 3.59. The first-order valence-electron chi connectivity index (χ1n) is 14.1. The molecule has 3 atom stereocenters. The first kappa shape index (κ1) is 32.9. The highest BCUT2D eigenvalue weighted by atomic mass is 32.1. The molecule has 0 bridgehead atoms. The van der Waals surface area contributed by atoms with Crippen molar-refractivity contribution in [1.82, 2.24) is 0 Å². The summed E-state index contributed by atoms with van der Waals surface area (Å²) in [6, 6.07) is 12.1. The maximum atomic E-state index is 11.8. The molecule has 218 valence electrons. The Bertz CT molecular complexity index is 978. The second kappa shape index (κ2) is 18.1. The maximum Gasteiger partial charge on any atom is 0.348 e. The number of aryl methyl sites for hydroxylation is 2. The first-order valence-corrected chi connectivity index (χ1v) is 14.9. The van der Waals surface area contributed by atoms with Gasteiger partial charge in [0.2, 0.25) is 5.91 Å². The van der Waals surface area contributed by atoms with Gasteiger partial charge in [0.1, 0.15) is 17.6 Å². The fourth-order valence-corrected chi connectivity index (χ4v) is 5.24. The highest BCUT2D eigenvalue weighted by molar-refractivity contribution is 7.13. The Kier molecular flexibility index (Phi) is 15.3. The van der Waals surface area contributed by atoms with Crippen LogP contribution in [0.3, 0.4) is 0 Å². The number of rotatable bonds is 15. The third-order valence-corrected chi connectivity index (χ3v) is 7.68. The van der Waals surface area contributed by atoms with Crippen molar-refractivity contribution in [3.63, 3.8) is 0 Å². The van der Waals surface area contributed by atoms with E-state index in [1.165, 1.54) is 42.6 Å². The third-order valence-electron chi connectivity index (χ3n) is 6.55. The van der Waals surface area contributed by atoms with Gasteiger partial charge < -0.3 is 30.1 Å². The molecule has 0 radical (unpaired) electrons. The number of carbonyl (C=O) groups excluding carboxylic acids is 2. The number of esters is 1. The molecule has 1 saturated heterocycles. The molecule has 8 nitrogen and oxygen atoms in total. The van der Waals surface area contributed by atoms with Crippen LogP contribution >= 0.6 is 11.3 Å². The summed E-state index contributed by atoms with van der Waals surface area (Å²) in [5.41, 5.74) is 2.45. The summed E-state index contributed by atoms with van der Waals surface area (Å²) < 4.78 is 4.94. The molecule has 2 aromatic rings. The minimum atomic E-state index is -1.30. The number of unbranched alkanes of at least 4 members (excludes halogenated alkanes) is 3. The Hall–Kier alpha value is -2.30. The molecule has 1 aliphatic rings. The summed E-state index contributed by atoms with van der Waals surface area (Å²) in [5, 5.41) is 37.0. The number of nitrogens with zero attached hydrogens (tertiary/aromatic N) is 1. The molecular formula is C30H45NO7S. The van der Waals surface area contributed by atoms with E-state index in [2.05, 4.69) is 38.1 Å². The highest BCUT2D eigenvalue weighted by Crippen LogP contribution is 2.22. The van der Waals surface area contributed by atoms with Gasteiger partial charge in [-0.25, -0.2) is 4.79 Å². The monoisotopic (exact) mass is 563 g/mol. The molecule has 3 unspecified atom stereocenters. The molecule has 9 heteroatoms. The van der Waals surface area contributed by atoms with Gasteiger partial charge in [-0.05, 0) is 55.5 Å². The van der Waals surface area contributed by atoms with Crippen LogP contribution in [0.2, 0.25) is 0 Å². The molecule has 1 fully saturated rings. The number of benzene rings is 1. The van der Waals surface area contributed by atoms with Crippen LogP contribution in [0.5, 0.6) is 0 Å². The van der Waals surface area contributed by atoms with Gasteiger partial charge in [-0.2, -0.15) is 0 Å².